The predicted molar refractivity (Wildman–Crippen MR) is 73.3 cm³/mol. The van der Waals surface area contributed by atoms with Crippen LogP contribution in [0.1, 0.15) is 18.5 Å². The normalized spacial score (nSPS) is 19.6. The molecular formula is C11H18Cl2N4. The Morgan fingerprint density at radius 1 is 1.47 bits per heavy atom. The van der Waals surface area contributed by atoms with Crippen molar-refractivity contribution in [1.82, 2.24) is 15.3 Å². The van der Waals surface area contributed by atoms with Gasteiger partial charge >= 0.3 is 0 Å². The maximum absolute atomic E-state index is 5.94. The van der Waals surface area contributed by atoms with Gasteiger partial charge in [-0.15, -0.1) is 12.4 Å². The Morgan fingerprint density at radius 2 is 2.24 bits per heavy atom. The molecule has 6 heteroatoms. The zero-order chi connectivity index (χ0) is 11.5. The third-order valence-electron chi connectivity index (χ3n) is 2.95. The fraction of sp³-hybridized carbons (Fsp3) is 0.636. The predicted octanol–water partition coefficient (Wildman–Crippen LogP) is 2.05. The van der Waals surface area contributed by atoms with Gasteiger partial charge in [-0.25, -0.2) is 9.97 Å². The number of nitrogens with zero attached hydrogens (tertiary/aromatic N) is 3. The van der Waals surface area contributed by atoms with E-state index in [9.17, 15) is 0 Å². The summed E-state index contributed by atoms with van der Waals surface area (Å²) in [5.41, 5.74) is 0.908. The summed E-state index contributed by atoms with van der Waals surface area (Å²) in [6.07, 6.45) is 2.38. The first-order valence-corrected chi connectivity index (χ1v) is 5.99. The molecule has 0 radical (unpaired) electrons. The van der Waals surface area contributed by atoms with Crippen molar-refractivity contribution in [3.63, 3.8) is 0 Å². The molecule has 4 nitrogen and oxygen atoms in total. The summed E-state index contributed by atoms with van der Waals surface area (Å²) >= 11 is 5.94. The Bertz CT molecular complexity index is 346. The quantitative estimate of drug-likeness (QED) is 0.840. The first-order chi connectivity index (χ1) is 7.66. The summed E-state index contributed by atoms with van der Waals surface area (Å²) in [7, 11) is 2.03. The van der Waals surface area contributed by atoms with Gasteiger partial charge in [-0.05, 0) is 32.4 Å². The third kappa shape index (κ3) is 3.69. The van der Waals surface area contributed by atoms with Crippen LogP contribution in [0.25, 0.3) is 0 Å². The van der Waals surface area contributed by atoms with Gasteiger partial charge in [0.1, 0.15) is 5.15 Å². The number of hydrogen-bond donors (Lipinski definition) is 1. The van der Waals surface area contributed by atoms with E-state index < -0.39 is 0 Å². The fourth-order valence-electron chi connectivity index (χ4n) is 2.00. The van der Waals surface area contributed by atoms with E-state index in [2.05, 4.69) is 20.2 Å². The lowest BCUT2D eigenvalue weighted by Crippen LogP contribution is -2.44. The summed E-state index contributed by atoms with van der Waals surface area (Å²) in [6, 6.07) is 2.24. The Morgan fingerprint density at radius 3 is 2.82 bits per heavy atom. The van der Waals surface area contributed by atoms with Gasteiger partial charge in [0, 0.05) is 25.3 Å². The van der Waals surface area contributed by atoms with Gasteiger partial charge < -0.3 is 10.2 Å². The number of piperidine rings is 1. The minimum Gasteiger partial charge on any atom is -0.340 e. The number of halogens is 2. The monoisotopic (exact) mass is 276 g/mol. The molecule has 0 unspecified atom stereocenters. The Kier molecular flexibility index (Phi) is 5.43. The molecule has 1 aromatic heterocycles. The molecule has 1 fully saturated rings. The number of anilines is 1. The number of rotatable bonds is 2. The van der Waals surface area contributed by atoms with Crippen LogP contribution in [-0.4, -0.2) is 36.1 Å². The summed E-state index contributed by atoms with van der Waals surface area (Å²) in [5.74, 6) is 0.721. The fourth-order valence-corrected chi connectivity index (χ4v) is 2.23. The van der Waals surface area contributed by atoms with Crippen LogP contribution in [0.2, 0.25) is 5.15 Å². The lowest BCUT2D eigenvalue weighted by molar-refractivity contribution is 0.441. The Hall–Kier alpha value is -0.580. The van der Waals surface area contributed by atoms with Crippen LogP contribution >= 0.6 is 24.0 Å². The number of hydrogen-bond acceptors (Lipinski definition) is 4. The van der Waals surface area contributed by atoms with Crippen LogP contribution in [0.5, 0.6) is 0 Å². The van der Waals surface area contributed by atoms with Crippen molar-refractivity contribution < 1.29 is 0 Å². The molecule has 17 heavy (non-hydrogen) atoms. The standard InChI is InChI=1S/C11H17ClN4.ClH/c1-8-6-10(12)15-11(14-8)16(2)9-4-3-5-13-7-9;/h6,9,13H,3-5,7H2,1-2H3;1H/t9-;/m1./s1. The maximum Gasteiger partial charge on any atom is 0.227 e. The molecule has 1 aliphatic rings. The molecule has 1 aliphatic heterocycles. The third-order valence-corrected chi connectivity index (χ3v) is 3.14. The van der Waals surface area contributed by atoms with Crippen LogP contribution in [0.4, 0.5) is 5.95 Å². The van der Waals surface area contributed by atoms with Gasteiger partial charge in [-0.2, -0.15) is 0 Å². The molecule has 2 heterocycles. The molecule has 0 saturated carbocycles. The second kappa shape index (κ2) is 6.38. The minimum atomic E-state index is 0. The second-order valence-corrected chi connectivity index (χ2v) is 4.63. The largest absolute Gasteiger partial charge is 0.340 e. The van der Waals surface area contributed by atoms with E-state index in [0.717, 1.165) is 24.7 Å². The summed E-state index contributed by atoms with van der Waals surface area (Å²) in [5, 5.41) is 3.90. The molecule has 1 N–H and O–H groups in total. The van der Waals surface area contributed by atoms with E-state index in [-0.39, 0.29) is 12.4 Å². The van der Waals surface area contributed by atoms with Crippen molar-refractivity contribution in [2.24, 2.45) is 0 Å². The van der Waals surface area contributed by atoms with Crippen molar-refractivity contribution >= 4 is 30.0 Å². The van der Waals surface area contributed by atoms with Crippen LogP contribution in [0, 0.1) is 6.92 Å². The highest BCUT2D eigenvalue weighted by molar-refractivity contribution is 6.29. The molecule has 0 amide bonds. The van der Waals surface area contributed by atoms with Crippen molar-refractivity contribution in [2.45, 2.75) is 25.8 Å². The molecule has 1 atom stereocenters. The minimum absolute atomic E-state index is 0. The molecule has 96 valence electrons. The molecule has 0 spiro atoms. The molecular weight excluding hydrogens is 259 g/mol. The number of nitrogens with one attached hydrogen (secondary N) is 1. The zero-order valence-corrected chi connectivity index (χ0v) is 11.7. The molecule has 0 aromatic carbocycles. The molecule has 1 saturated heterocycles. The average molecular weight is 277 g/mol. The smallest absolute Gasteiger partial charge is 0.227 e. The van der Waals surface area contributed by atoms with E-state index in [1.807, 2.05) is 14.0 Å². The summed E-state index contributed by atoms with van der Waals surface area (Å²) in [6.45, 7) is 4.04. The van der Waals surface area contributed by atoms with Gasteiger partial charge in [0.25, 0.3) is 0 Å². The van der Waals surface area contributed by atoms with Crippen LogP contribution in [-0.2, 0) is 0 Å². The number of likely N-dealkylation sites (N-methyl/N-ethyl adjacent to an activating group) is 1. The zero-order valence-electron chi connectivity index (χ0n) is 10.1. The molecule has 0 bridgehead atoms. The first kappa shape index (κ1) is 14.5. The highest BCUT2D eigenvalue weighted by atomic mass is 35.5. The van der Waals surface area contributed by atoms with Crippen LogP contribution < -0.4 is 10.2 Å². The summed E-state index contributed by atoms with van der Waals surface area (Å²) in [4.78, 5) is 10.8. The van der Waals surface area contributed by atoms with Gasteiger partial charge in [0.2, 0.25) is 5.95 Å². The number of aryl methyl sites for hydroxylation is 1. The van der Waals surface area contributed by atoms with Gasteiger partial charge in [-0.3, -0.25) is 0 Å². The van der Waals surface area contributed by atoms with Crippen molar-refractivity contribution in [1.29, 1.82) is 0 Å². The van der Waals surface area contributed by atoms with Crippen LogP contribution in [0.3, 0.4) is 0 Å². The SMILES string of the molecule is Cc1cc(Cl)nc(N(C)[C@@H]2CCCNC2)n1.Cl. The van der Waals surface area contributed by atoms with Crippen molar-refractivity contribution in [2.75, 3.05) is 25.0 Å². The second-order valence-electron chi connectivity index (χ2n) is 4.24. The number of aromatic nitrogens is 2. The molecule has 2 rings (SSSR count). The van der Waals surface area contributed by atoms with Gasteiger partial charge in [0.05, 0.1) is 0 Å². The molecule has 1 aromatic rings. The van der Waals surface area contributed by atoms with E-state index >= 15 is 0 Å². The summed E-state index contributed by atoms with van der Waals surface area (Å²) < 4.78 is 0. The average Bonchev–Trinajstić information content (AvgIpc) is 2.28. The van der Waals surface area contributed by atoms with Gasteiger partial charge in [-0.1, -0.05) is 11.6 Å². The van der Waals surface area contributed by atoms with Crippen LogP contribution in [0.15, 0.2) is 6.07 Å². The lowest BCUT2D eigenvalue weighted by Gasteiger charge is -2.31. The first-order valence-electron chi connectivity index (χ1n) is 5.61. The Labute approximate surface area is 113 Å². The molecule has 0 aliphatic carbocycles. The highest BCUT2D eigenvalue weighted by Gasteiger charge is 2.20. The Balaban J connectivity index is 0.00000144. The lowest BCUT2D eigenvalue weighted by atomic mass is 10.1. The van der Waals surface area contributed by atoms with E-state index in [0.29, 0.717) is 11.2 Å². The van der Waals surface area contributed by atoms with Crippen molar-refractivity contribution in [3.8, 4) is 0 Å². The highest BCUT2D eigenvalue weighted by Crippen LogP contribution is 2.17. The van der Waals surface area contributed by atoms with E-state index in [1.165, 1.54) is 12.8 Å². The van der Waals surface area contributed by atoms with E-state index in [1.54, 1.807) is 6.07 Å². The topological polar surface area (TPSA) is 41.1 Å². The van der Waals surface area contributed by atoms with Gasteiger partial charge in [0.15, 0.2) is 0 Å². The maximum atomic E-state index is 5.94. The van der Waals surface area contributed by atoms with Crippen molar-refractivity contribution in [3.05, 3.63) is 16.9 Å². The van der Waals surface area contributed by atoms with E-state index in [4.69, 9.17) is 11.6 Å².